The first-order valence-electron chi connectivity index (χ1n) is 13.4. The van der Waals surface area contributed by atoms with E-state index in [9.17, 15) is 0 Å². The molecule has 0 bridgehead atoms. The van der Waals surface area contributed by atoms with Crippen molar-refractivity contribution in [2.24, 2.45) is 0 Å². The fourth-order valence-corrected chi connectivity index (χ4v) is 11.3. The van der Waals surface area contributed by atoms with Crippen LogP contribution in [0.3, 0.4) is 0 Å². The lowest BCUT2D eigenvalue weighted by atomic mass is 10.0. The van der Waals surface area contributed by atoms with Crippen LogP contribution in [-0.2, 0) is 26.6 Å². The molecule has 1 rings (SSSR count). The molecule has 198 valence electrons. The highest BCUT2D eigenvalue weighted by Gasteiger charge is 2.51. The van der Waals surface area contributed by atoms with Crippen LogP contribution in [0.5, 0.6) is 0 Å². The first-order chi connectivity index (χ1) is 16.5. The van der Waals surface area contributed by atoms with Gasteiger partial charge in [-0.25, -0.2) is 0 Å². The molecule has 1 aromatic carbocycles. The van der Waals surface area contributed by atoms with Gasteiger partial charge in [-0.15, -0.1) is 0 Å². The Labute approximate surface area is 211 Å². The molecule has 8 heteroatoms. The summed E-state index contributed by atoms with van der Waals surface area (Å²) in [6, 6.07) is 8.89. The standard InChI is InChI=1S/C26H50O6Si2/c1-9-17-25(33(27-11-3,28-12-4)29-13-5)23-19-21-24(22-20-23)26(18-10-2)34(30-14-6,31-15-7)32-16-8/h19-22,25-26H,9-18H2,1-8H3. The van der Waals surface area contributed by atoms with Crippen molar-refractivity contribution in [2.75, 3.05) is 39.6 Å². The van der Waals surface area contributed by atoms with E-state index in [0.29, 0.717) is 39.6 Å². The zero-order chi connectivity index (χ0) is 25.5. The molecule has 0 heterocycles. The van der Waals surface area contributed by atoms with E-state index in [4.69, 9.17) is 26.6 Å². The Kier molecular flexibility index (Phi) is 15.7. The molecule has 0 aliphatic heterocycles. The summed E-state index contributed by atoms with van der Waals surface area (Å²) in [5.74, 6) is 0. The van der Waals surface area contributed by atoms with Gasteiger partial charge in [0.25, 0.3) is 0 Å². The molecule has 2 atom stereocenters. The van der Waals surface area contributed by atoms with Gasteiger partial charge in [0.1, 0.15) is 0 Å². The lowest BCUT2D eigenvalue weighted by Gasteiger charge is -2.37. The van der Waals surface area contributed by atoms with E-state index in [1.54, 1.807) is 0 Å². The van der Waals surface area contributed by atoms with E-state index >= 15 is 0 Å². The Morgan fingerprint density at radius 2 is 0.706 bits per heavy atom. The molecule has 2 unspecified atom stereocenters. The van der Waals surface area contributed by atoms with E-state index in [-0.39, 0.29) is 11.1 Å². The van der Waals surface area contributed by atoms with Crippen LogP contribution in [0.4, 0.5) is 0 Å². The Morgan fingerprint density at radius 1 is 0.471 bits per heavy atom. The van der Waals surface area contributed by atoms with Crippen LogP contribution in [0.15, 0.2) is 24.3 Å². The lowest BCUT2D eigenvalue weighted by Crippen LogP contribution is -2.52. The Morgan fingerprint density at radius 3 is 0.882 bits per heavy atom. The van der Waals surface area contributed by atoms with Gasteiger partial charge in [-0.05, 0) is 65.5 Å². The van der Waals surface area contributed by atoms with E-state index in [1.165, 1.54) is 11.1 Å². The highest BCUT2D eigenvalue weighted by molar-refractivity contribution is 6.63. The molecule has 0 amide bonds. The van der Waals surface area contributed by atoms with E-state index in [1.807, 2.05) is 41.5 Å². The second-order valence-corrected chi connectivity index (χ2v) is 13.7. The summed E-state index contributed by atoms with van der Waals surface area (Å²) in [6.45, 7) is 20.0. The quantitative estimate of drug-likeness (QED) is 0.182. The number of benzene rings is 1. The third-order valence-corrected chi connectivity index (χ3v) is 12.9. The van der Waals surface area contributed by atoms with Crippen LogP contribution in [-0.4, -0.2) is 57.3 Å². The van der Waals surface area contributed by atoms with Gasteiger partial charge < -0.3 is 26.6 Å². The summed E-state index contributed by atoms with van der Waals surface area (Å²) in [4.78, 5) is 0. The molecule has 0 spiro atoms. The SMILES string of the molecule is CCCC(c1ccc(C(CCC)[Si](OCC)(OCC)OCC)cc1)[Si](OCC)(OCC)OCC. The summed E-state index contributed by atoms with van der Waals surface area (Å²) in [5, 5.41) is 0. The van der Waals surface area contributed by atoms with Crippen LogP contribution in [0.25, 0.3) is 0 Å². The Hall–Kier alpha value is -0.586. The monoisotopic (exact) mass is 514 g/mol. The van der Waals surface area contributed by atoms with Gasteiger partial charge in [0, 0.05) is 39.6 Å². The van der Waals surface area contributed by atoms with Crippen molar-refractivity contribution in [1.29, 1.82) is 0 Å². The summed E-state index contributed by atoms with van der Waals surface area (Å²) in [5.41, 5.74) is 2.62. The molecule has 0 saturated carbocycles. The van der Waals surface area contributed by atoms with Gasteiger partial charge in [0.2, 0.25) is 0 Å². The third kappa shape index (κ3) is 8.23. The first-order valence-corrected chi connectivity index (χ1v) is 17.0. The fraction of sp³-hybridized carbons (Fsp3) is 0.769. The molecule has 0 aliphatic rings. The summed E-state index contributed by atoms with van der Waals surface area (Å²) in [7, 11) is -5.77. The normalized spacial score (nSPS) is 14.4. The van der Waals surface area contributed by atoms with Crippen LogP contribution >= 0.6 is 0 Å². The molecular formula is C26H50O6Si2. The lowest BCUT2D eigenvalue weighted by molar-refractivity contribution is 0.0594. The maximum atomic E-state index is 6.29. The molecule has 34 heavy (non-hydrogen) atoms. The van der Waals surface area contributed by atoms with Gasteiger partial charge in [-0.1, -0.05) is 51.0 Å². The van der Waals surface area contributed by atoms with Crippen LogP contribution < -0.4 is 0 Å². The summed E-state index contributed by atoms with van der Waals surface area (Å²) < 4.78 is 37.7. The molecule has 0 fully saturated rings. The van der Waals surface area contributed by atoms with Crippen molar-refractivity contribution in [3.8, 4) is 0 Å². The molecule has 0 N–H and O–H groups in total. The second-order valence-electron chi connectivity index (χ2n) is 8.15. The zero-order valence-electron chi connectivity index (χ0n) is 23.0. The van der Waals surface area contributed by atoms with Gasteiger partial charge in [0.05, 0.1) is 11.1 Å². The number of hydrogen-bond acceptors (Lipinski definition) is 6. The topological polar surface area (TPSA) is 55.4 Å². The zero-order valence-corrected chi connectivity index (χ0v) is 25.0. The van der Waals surface area contributed by atoms with Crippen molar-refractivity contribution < 1.29 is 26.6 Å². The van der Waals surface area contributed by atoms with Crippen LogP contribution in [0, 0.1) is 0 Å². The van der Waals surface area contributed by atoms with Crippen molar-refractivity contribution in [3.63, 3.8) is 0 Å². The molecule has 1 aromatic rings. The minimum Gasteiger partial charge on any atom is -0.373 e. The predicted molar refractivity (Wildman–Crippen MR) is 143 cm³/mol. The largest absolute Gasteiger partial charge is 0.508 e. The van der Waals surface area contributed by atoms with Crippen molar-refractivity contribution in [1.82, 2.24) is 0 Å². The van der Waals surface area contributed by atoms with E-state index in [0.717, 1.165) is 25.7 Å². The predicted octanol–water partition coefficient (Wildman–Crippen LogP) is 6.63. The average molecular weight is 515 g/mol. The Bertz CT molecular complexity index is 554. The highest BCUT2D eigenvalue weighted by Crippen LogP contribution is 2.38. The fourth-order valence-electron chi connectivity index (χ4n) is 4.69. The van der Waals surface area contributed by atoms with E-state index < -0.39 is 17.6 Å². The number of hydrogen-bond donors (Lipinski definition) is 0. The maximum Gasteiger partial charge on any atom is 0.508 e. The third-order valence-electron chi connectivity index (χ3n) is 5.82. The number of rotatable bonds is 20. The smallest absolute Gasteiger partial charge is 0.373 e. The second kappa shape index (κ2) is 17.0. The summed E-state index contributed by atoms with van der Waals surface area (Å²) >= 11 is 0. The summed E-state index contributed by atoms with van der Waals surface area (Å²) in [6.07, 6.45) is 3.97. The maximum absolute atomic E-state index is 6.29. The Balaban J connectivity index is 3.47. The van der Waals surface area contributed by atoms with Gasteiger partial charge in [0.15, 0.2) is 0 Å². The van der Waals surface area contributed by atoms with Crippen LogP contribution in [0.1, 0.15) is 103 Å². The van der Waals surface area contributed by atoms with E-state index in [2.05, 4.69) is 38.1 Å². The van der Waals surface area contributed by atoms with Gasteiger partial charge >= 0.3 is 17.6 Å². The molecule has 0 aliphatic carbocycles. The minimum absolute atomic E-state index is 0.101. The average Bonchev–Trinajstić information content (AvgIpc) is 2.82. The van der Waals surface area contributed by atoms with Gasteiger partial charge in [-0.2, -0.15) is 0 Å². The molecule has 0 aromatic heterocycles. The minimum atomic E-state index is -2.89. The molecule has 0 radical (unpaired) electrons. The van der Waals surface area contributed by atoms with Crippen molar-refractivity contribution in [2.45, 2.75) is 92.2 Å². The van der Waals surface area contributed by atoms with Crippen molar-refractivity contribution >= 4 is 17.6 Å². The first kappa shape index (κ1) is 31.4. The highest BCUT2D eigenvalue weighted by atomic mass is 28.4. The molecular weight excluding hydrogens is 464 g/mol. The molecule has 0 saturated heterocycles. The van der Waals surface area contributed by atoms with Crippen LogP contribution in [0.2, 0.25) is 0 Å². The molecule has 6 nitrogen and oxygen atoms in total. The van der Waals surface area contributed by atoms with Crippen molar-refractivity contribution in [3.05, 3.63) is 35.4 Å². The van der Waals surface area contributed by atoms with Gasteiger partial charge in [-0.3, -0.25) is 0 Å².